The van der Waals surface area contributed by atoms with Crippen LogP contribution in [0, 0.1) is 5.92 Å². The second-order valence-electron chi connectivity index (χ2n) is 8.37. The van der Waals surface area contributed by atoms with Crippen LogP contribution in [-0.4, -0.2) is 32.8 Å². The fourth-order valence-electron chi connectivity index (χ4n) is 4.24. The van der Waals surface area contributed by atoms with Crippen molar-refractivity contribution in [3.8, 4) is 5.75 Å². The number of benzene rings is 1. The van der Waals surface area contributed by atoms with Gasteiger partial charge < -0.3 is 10.1 Å². The van der Waals surface area contributed by atoms with Gasteiger partial charge in [-0.05, 0) is 62.8 Å². The first-order chi connectivity index (χ1) is 14.8. The molecule has 3 aromatic rings. The topological polar surface area (TPSA) is 103 Å². The minimum absolute atomic E-state index is 0.269. The van der Waals surface area contributed by atoms with E-state index in [-0.39, 0.29) is 17.2 Å². The highest BCUT2D eigenvalue weighted by Crippen LogP contribution is 2.36. The molecule has 9 heteroatoms. The van der Waals surface area contributed by atoms with Gasteiger partial charge in [-0.3, -0.25) is 14.4 Å². The van der Waals surface area contributed by atoms with E-state index in [1.54, 1.807) is 32.0 Å². The molecule has 160 valence electrons. The van der Waals surface area contributed by atoms with Gasteiger partial charge in [0.1, 0.15) is 11.8 Å². The van der Waals surface area contributed by atoms with Crippen LogP contribution in [0.5, 0.6) is 5.75 Å². The highest BCUT2D eigenvalue weighted by Gasteiger charge is 2.28. The molecule has 3 heterocycles. The minimum atomic E-state index is -0.834. The summed E-state index contributed by atoms with van der Waals surface area (Å²) in [5.74, 6) is 0.542. The van der Waals surface area contributed by atoms with E-state index in [9.17, 15) is 14.4 Å². The second kappa shape index (κ2) is 7.26. The molecular formula is C22H22N4O4S. The highest BCUT2D eigenvalue weighted by atomic mass is 32.1. The van der Waals surface area contributed by atoms with Crippen LogP contribution >= 0.6 is 11.3 Å². The number of fused-ring (bicyclic) bond motifs is 4. The monoisotopic (exact) mass is 438 g/mol. The van der Waals surface area contributed by atoms with Crippen molar-refractivity contribution in [1.29, 1.82) is 0 Å². The molecule has 3 atom stereocenters. The van der Waals surface area contributed by atoms with Gasteiger partial charge in [0.2, 0.25) is 0 Å². The number of thiophene rings is 1. The van der Waals surface area contributed by atoms with E-state index in [4.69, 9.17) is 4.74 Å². The number of carbonyl (C=O) groups is 2. The Morgan fingerprint density at radius 1 is 1.32 bits per heavy atom. The first-order valence-electron chi connectivity index (χ1n) is 10.4. The zero-order valence-corrected chi connectivity index (χ0v) is 18.3. The molecule has 1 amide bonds. The van der Waals surface area contributed by atoms with Gasteiger partial charge in [0, 0.05) is 10.4 Å². The standard InChI is InChI=1S/C22H22N4O4S/c1-10-4-6-14-17(8-10)31-21-18(14)22(29)26(25-24-21)11(2)19(27)13-5-7-16-15(9-13)23-20(28)12(3)30-16/h5,7,9-12H,4,6,8H2,1-3H3,(H,23,28). The van der Waals surface area contributed by atoms with Gasteiger partial charge >= 0.3 is 0 Å². The highest BCUT2D eigenvalue weighted by molar-refractivity contribution is 7.18. The Bertz CT molecular complexity index is 1290. The maximum atomic E-state index is 13.3. The molecule has 0 bridgehead atoms. The fraction of sp³-hybridized carbons (Fsp3) is 0.409. The lowest BCUT2D eigenvalue weighted by Gasteiger charge is -2.23. The van der Waals surface area contributed by atoms with Crippen molar-refractivity contribution in [1.82, 2.24) is 15.0 Å². The van der Waals surface area contributed by atoms with E-state index < -0.39 is 12.1 Å². The molecule has 0 saturated carbocycles. The largest absolute Gasteiger partial charge is 0.479 e. The molecule has 0 radical (unpaired) electrons. The summed E-state index contributed by atoms with van der Waals surface area (Å²) >= 11 is 1.53. The lowest BCUT2D eigenvalue weighted by atomic mass is 9.89. The van der Waals surface area contributed by atoms with Gasteiger partial charge in [0.25, 0.3) is 11.5 Å². The number of ketones is 1. The average Bonchev–Trinajstić information content (AvgIpc) is 3.11. The molecule has 0 fully saturated rings. The van der Waals surface area contributed by atoms with Crippen LogP contribution in [0.1, 0.15) is 54.0 Å². The van der Waals surface area contributed by atoms with Gasteiger partial charge in [-0.25, -0.2) is 0 Å². The zero-order chi connectivity index (χ0) is 21.9. The smallest absolute Gasteiger partial charge is 0.279 e. The van der Waals surface area contributed by atoms with Gasteiger partial charge in [-0.15, -0.1) is 16.4 Å². The van der Waals surface area contributed by atoms with Crippen molar-refractivity contribution in [3.63, 3.8) is 0 Å². The average molecular weight is 439 g/mol. The van der Waals surface area contributed by atoms with Crippen LogP contribution < -0.4 is 15.6 Å². The third kappa shape index (κ3) is 3.23. The number of carbonyl (C=O) groups excluding carboxylic acids is 2. The maximum absolute atomic E-state index is 13.3. The van der Waals surface area contributed by atoms with E-state index in [1.165, 1.54) is 20.9 Å². The van der Waals surface area contributed by atoms with Crippen molar-refractivity contribution < 1.29 is 14.3 Å². The molecule has 3 unspecified atom stereocenters. The molecule has 1 aliphatic heterocycles. The molecule has 5 rings (SSSR count). The van der Waals surface area contributed by atoms with Crippen LogP contribution in [0.4, 0.5) is 5.69 Å². The Morgan fingerprint density at radius 2 is 2.13 bits per heavy atom. The van der Waals surface area contributed by atoms with Crippen LogP contribution in [-0.2, 0) is 17.6 Å². The van der Waals surface area contributed by atoms with Gasteiger partial charge in [-0.2, -0.15) is 4.68 Å². The van der Waals surface area contributed by atoms with Gasteiger partial charge in [-0.1, -0.05) is 12.1 Å². The number of amides is 1. The Balaban J connectivity index is 1.50. The quantitative estimate of drug-likeness (QED) is 0.630. The Kier molecular flexibility index (Phi) is 4.65. The summed E-state index contributed by atoms with van der Waals surface area (Å²) < 4.78 is 6.72. The summed E-state index contributed by atoms with van der Waals surface area (Å²) in [7, 11) is 0. The van der Waals surface area contributed by atoms with Crippen LogP contribution in [0.3, 0.4) is 0 Å². The fourth-order valence-corrected chi connectivity index (χ4v) is 5.56. The number of rotatable bonds is 3. The molecule has 1 N–H and O–H groups in total. The van der Waals surface area contributed by atoms with Crippen molar-refractivity contribution in [2.24, 2.45) is 5.92 Å². The molecule has 31 heavy (non-hydrogen) atoms. The first-order valence-corrected chi connectivity index (χ1v) is 11.2. The summed E-state index contributed by atoms with van der Waals surface area (Å²) in [4.78, 5) is 40.2. The minimum Gasteiger partial charge on any atom is -0.479 e. The molecule has 0 saturated heterocycles. The number of anilines is 1. The number of ether oxygens (including phenoxy) is 1. The van der Waals surface area contributed by atoms with Crippen molar-refractivity contribution >= 4 is 38.9 Å². The summed E-state index contributed by atoms with van der Waals surface area (Å²) in [6.07, 6.45) is 2.25. The summed E-state index contributed by atoms with van der Waals surface area (Å²) in [5.41, 5.74) is 1.59. The number of aryl methyl sites for hydroxylation is 1. The van der Waals surface area contributed by atoms with E-state index in [1.807, 2.05) is 0 Å². The number of Topliss-reactive ketones (excluding diaryl/α,β-unsaturated/α-hetero) is 1. The van der Waals surface area contributed by atoms with E-state index in [0.717, 1.165) is 24.8 Å². The predicted octanol–water partition coefficient (Wildman–Crippen LogP) is 3.14. The number of nitrogens with one attached hydrogen (secondary N) is 1. The van der Waals surface area contributed by atoms with Crippen molar-refractivity contribution in [2.45, 2.75) is 52.2 Å². The second-order valence-corrected chi connectivity index (χ2v) is 9.46. The van der Waals surface area contributed by atoms with Gasteiger partial charge in [0.05, 0.1) is 11.1 Å². The predicted molar refractivity (Wildman–Crippen MR) is 117 cm³/mol. The number of aromatic nitrogens is 3. The molecule has 2 aromatic heterocycles. The Morgan fingerprint density at radius 3 is 2.94 bits per heavy atom. The Labute approximate surface area is 182 Å². The van der Waals surface area contributed by atoms with Crippen molar-refractivity contribution in [3.05, 3.63) is 44.6 Å². The van der Waals surface area contributed by atoms with Crippen LogP contribution in [0.25, 0.3) is 10.2 Å². The molecule has 2 aliphatic rings. The van der Waals surface area contributed by atoms with Crippen molar-refractivity contribution in [2.75, 3.05) is 5.32 Å². The van der Waals surface area contributed by atoms with Crippen LogP contribution in [0.15, 0.2) is 23.0 Å². The third-order valence-electron chi connectivity index (χ3n) is 6.09. The first kappa shape index (κ1) is 19.9. The molecule has 0 spiro atoms. The molecule has 1 aliphatic carbocycles. The summed E-state index contributed by atoms with van der Waals surface area (Å²) in [5, 5.41) is 11.7. The molecule has 8 nitrogen and oxygen atoms in total. The van der Waals surface area contributed by atoms with Crippen LogP contribution in [0.2, 0.25) is 0 Å². The molecule has 1 aromatic carbocycles. The zero-order valence-electron chi connectivity index (χ0n) is 17.5. The SMILES string of the molecule is CC1CCc2c(sc3nnn(C(C)C(=O)c4ccc5c(c4)NC(=O)C(C)O5)c(=O)c23)C1. The number of hydrogen-bond acceptors (Lipinski definition) is 7. The summed E-state index contributed by atoms with van der Waals surface area (Å²) in [6.45, 7) is 5.51. The van der Waals surface area contributed by atoms with E-state index in [2.05, 4.69) is 22.6 Å². The van der Waals surface area contributed by atoms with Gasteiger partial charge in [0.15, 0.2) is 16.7 Å². The normalized spacial score (nSPS) is 21.1. The van der Waals surface area contributed by atoms with E-state index in [0.29, 0.717) is 33.1 Å². The van der Waals surface area contributed by atoms with E-state index >= 15 is 0 Å². The lowest BCUT2D eigenvalue weighted by molar-refractivity contribution is -0.122. The molecular weight excluding hydrogens is 416 g/mol. The lowest BCUT2D eigenvalue weighted by Crippen LogP contribution is -2.34. The number of hydrogen-bond donors (Lipinski definition) is 1. The maximum Gasteiger partial charge on any atom is 0.279 e. The third-order valence-corrected chi connectivity index (χ3v) is 7.23. The number of nitrogens with zero attached hydrogens (tertiary/aromatic N) is 3. The Hall–Kier alpha value is -3.07. The summed E-state index contributed by atoms with van der Waals surface area (Å²) in [6, 6.07) is 4.02.